The molecule has 2 atom stereocenters. The molecule has 1 aromatic carbocycles. The van der Waals surface area contributed by atoms with Gasteiger partial charge in [0.25, 0.3) is 0 Å². The van der Waals surface area contributed by atoms with Gasteiger partial charge in [-0.05, 0) is 49.1 Å². The van der Waals surface area contributed by atoms with E-state index < -0.39 is 0 Å². The summed E-state index contributed by atoms with van der Waals surface area (Å²) in [6, 6.07) is 10.7. The van der Waals surface area contributed by atoms with E-state index in [4.69, 9.17) is 0 Å². The average molecular weight is 201 g/mol. The fourth-order valence-electron chi connectivity index (χ4n) is 3.02. The largest absolute Gasteiger partial charge is 0.312 e. The first-order valence-electron chi connectivity index (χ1n) is 6.16. The molecule has 0 amide bonds. The van der Waals surface area contributed by atoms with E-state index in [1.807, 2.05) is 0 Å². The predicted molar refractivity (Wildman–Crippen MR) is 62.5 cm³/mol. The third-order valence-electron chi connectivity index (χ3n) is 3.95. The molecule has 1 aromatic rings. The van der Waals surface area contributed by atoms with Gasteiger partial charge >= 0.3 is 0 Å². The Hall–Kier alpha value is -0.820. The Kier molecular flexibility index (Phi) is 2.49. The molecule has 1 heteroatoms. The molecule has 0 aliphatic heterocycles. The fraction of sp³-hybridized carbons (Fsp3) is 0.571. The Balaban J connectivity index is 1.40. The minimum Gasteiger partial charge on any atom is -0.312 e. The van der Waals surface area contributed by atoms with E-state index in [1.165, 1.54) is 31.4 Å². The minimum absolute atomic E-state index is 0.970. The maximum Gasteiger partial charge on any atom is 0.0205 e. The third-order valence-corrected chi connectivity index (χ3v) is 3.95. The summed E-state index contributed by atoms with van der Waals surface area (Å²) in [6.45, 7) is 2.26. The molecular formula is C14H19N. The Bertz CT molecular complexity index is 309. The standard InChI is InChI=1S/C14H19N/c1-2-4-11(5-3-1)9-15-10-12-6-13-8-14(13)7-12/h1-5,12-15H,6-10H2. The predicted octanol–water partition coefficient (Wildman–Crippen LogP) is 2.82. The summed E-state index contributed by atoms with van der Waals surface area (Å²) in [4.78, 5) is 0. The Morgan fingerprint density at radius 1 is 1.00 bits per heavy atom. The maximum absolute atomic E-state index is 3.58. The summed E-state index contributed by atoms with van der Waals surface area (Å²) in [5.74, 6) is 3.21. The molecule has 3 rings (SSSR count). The lowest BCUT2D eigenvalue weighted by Gasteiger charge is -2.12. The normalized spacial score (nSPS) is 32.7. The van der Waals surface area contributed by atoms with Gasteiger partial charge < -0.3 is 5.32 Å². The van der Waals surface area contributed by atoms with Crippen molar-refractivity contribution < 1.29 is 0 Å². The zero-order valence-corrected chi connectivity index (χ0v) is 9.15. The van der Waals surface area contributed by atoms with E-state index in [0.717, 1.165) is 24.3 Å². The van der Waals surface area contributed by atoms with Crippen LogP contribution in [0.1, 0.15) is 24.8 Å². The van der Waals surface area contributed by atoms with Crippen molar-refractivity contribution >= 4 is 0 Å². The van der Waals surface area contributed by atoms with Gasteiger partial charge in [0, 0.05) is 6.54 Å². The topological polar surface area (TPSA) is 12.0 Å². The number of hydrogen-bond acceptors (Lipinski definition) is 1. The van der Waals surface area contributed by atoms with Crippen LogP contribution in [0.4, 0.5) is 0 Å². The molecule has 2 aliphatic rings. The Morgan fingerprint density at radius 3 is 2.47 bits per heavy atom. The highest BCUT2D eigenvalue weighted by Gasteiger charge is 2.45. The summed E-state index contributed by atoms with van der Waals surface area (Å²) < 4.78 is 0. The van der Waals surface area contributed by atoms with Crippen LogP contribution in [-0.2, 0) is 6.54 Å². The van der Waals surface area contributed by atoms with Crippen molar-refractivity contribution in [3.63, 3.8) is 0 Å². The molecule has 2 fully saturated rings. The minimum atomic E-state index is 0.970. The van der Waals surface area contributed by atoms with Gasteiger partial charge in [-0.25, -0.2) is 0 Å². The first-order valence-corrected chi connectivity index (χ1v) is 6.16. The van der Waals surface area contributed by atoms with Crippen molar-refractivity contribution in [2.24, 2.45) is 17.8 Å². The fourth-order valence-corrected chi connectivity index (χ4v) is 3.02. The lowest BCUT2D eigenvalue weighted by Crippen LogP contribution is -2.21. The zero-order valence-electron chi connectivity index (χ0n) is 9.15. The molecule has 0 spiro atoms. The zero-order chi connectivity index (χ0) is 10.1. The van der Waals surface area contributed by atoms with Crippen molar-refractivity contribution in [3.05, 3.63) is 35.9 Å². The molecule has 0 aromatic heterocycles. The van der Waals surface area contributed by atoms with Gasteiger partial charge in [-0.1, -0.05) is 30.3 Å². The monoisotopic (exact) mass is 201 g/mol. The molecule has 2 saturated carbocycles. The number of benzene rings is 1. The van der Waals surface area contributed by atoms with Gasteiger partial charge in [0.05, 0.1) is 0 Å². The number of fused-ring (bicyclic) bond motifs is 1. The van der Waals surface area contributed by atoms with Crippen LogP contribution >= 0.6 is 0 Å². The van der Waals surface area contributed by atoms with Crippen LogP contribution in [0.15, 0.2) is 30.3 Å². The molecule has 1 nitrogen and oxygen atoms in total. The first kappa shape index (κ1) is 9.41. The van der Waals surface area contributed by atoms with Crippen LogP contribution in [0.2, 0.25) is 0 Å². The van der Waals surface area contributed by atoms with Gasteiger partial charge in [-0.15, -0.1) is 0 Å². The molecule has 15 heavy (non-hydrogen) atoms. The second-order valence-corrected chi connectivity index (χ2v) is 5.21. The quantitative estimate of drug-likeness (QED) is 0.790. The van der Waals surface area contributed by atoms with Crippen LogP contribution in [0.25, 0.3) is 0 Å². The lowest BCUT2D eigenvalue weighted by atomic mass is 10.0. The molecule has 2 unspecified atom stereocenters. The molecule has 0 radical (unpaired) electrons. The summed E-state index contributed by atoms with van der Waals surface area (Å²) >= 11 is 0. The van der Waals surface area contributed by atoms with Crippen molar-refractivity contribution in [2.45, 2.75) is 25.8 Å². The van der Waals surface area contributed by atoms with E-state index >= 15 is 0 Å². The molecule has 2 aliphatic carbocycles. The van der Waals surface area contributed by atoms with Gasteiger partial charge in [0.15, 0.2) is 0 Å². The lowest BCUT2D eigenvalue weighted by molar-refractivity contribution is 0.447. The summed E-state index contributed by atoms with van der Waals surface area (Å²) in [6.07, 6.45) is 4.52. The van der Waals surface area contributed by atoms with Crippen LogP contribution in [-0.4, -0.2) is 6.54 Å². The van der Waals surface area contributed by atoms with Crippen LogP contribution in [0, 0.1) is 17.8 Å². The second kappa shape index (κ2) is 3.97. The second-order valence-electron chi connectivity index (χ2n) is 5.21. The number of nitrogens with one attached hydrogen (secondary N) is 1. The van der Waals surface area contributed by atoms with Crippen LogP contribution in [0.3, 0.4) is 0 Å². The van der Waals surface area contributed by atoms with E-state index in [0.29, 0.717) is 0 Å². The number of hydrogen-bond donors (Lipinski definition) is 1. The smallest absolute Gasteiger partial charge is 0.0205 e. The molecule has 0 heterocycles. The van der Waals surface area contributed by atoms with E-state index in [2.05, 4.69) is 35.6 Å². The molecule has 0 bridgehead atoms. The highest BCUT2D eigenvalue weighted by atomic mass is 14.9. The maximum atomic E-state index is 3.58. The number of rotatable bonds is 4. The Labute approximate surface area is 91.9 Å². The molecular weight excluding hydrogens is 182 g/mol. The average Bonchev–Trinajstić information content (AvgIpc) is 2.88. The molecule has 1 N–H and O–H groups in total. The van der Waals surface area contributed by atoms with Crippen molar-refractivity contribution in [3.8, 4) is 0 Å². The van der Waals surface area contributed by atoms with E-state index in [-0.39, 0.29) is 0 Å². The van der Waals surface area contributed by atoms with Crippen LogP contribution < -0.4 is 5.32 Å². The van der Waals surface area contributed by atoms with E-state index in [1.54, 1.807) is 0 Å². The van der Waals surface area contributed by atoms with E-state index in [9.17, 15) is 0 Å². The van der Waals surface area contributed by atoms with Gasteiger partial charge in [-0.2, -0.15) is 0 Å². The first-order chi connectivity index (χ1) is 7.42. The molecule has 0 saturated heterocycles. The highest BCUT2D eigenvalue weighted by Crippen LogP contribution is 2.54. The van der Waals surface area contributed by atoms with Gasteiger partial charge in [0.1, 0.15) is 0 Å². The van der Waals surface area contributed by atoms with Crippen molar-refractivity contribution in [2.75, 3.05) is 6.54 Å². The van der Waals surface area contributed by atoms with Crippen molar-refractivity contribution in [1.82, 2.24) is 5.32 Å². The summed E-state index contributed by atoms with van der Waals surface area (Å²) in [7, 11) is 0. The van der Waals surface area contributed by atoms with Gasteiger partial charge in [0.2, 0.25) is 0 Å². The third kappa shape index (κ3) is 2.23. The summed E-state index contributed by atoms with van der Waals surface area (Å²) in [5.41, 5.74) is 1.40. The SMILES string of the molecule is c1ccc(CNCC2CC3CC3C2)cc1. The Morgan fingerprint density at radius 2 is 1.73 bits per heavy atom. The van der Waals surface area contributed by atoms with Crippen molar-refractivity contribution in [1.29, 1.82) is 0 Å². The van der Waals surface area contributed by atoms with Gasteiger partial charge in [-0.3, -0.25) is 0 Å². The molecule has 80 valence electrons. The highest BCUT2D eigenvalue weighted by molar-refractivity contribution is 5.14. The summed E-state index contributed by atoms with van der Waals surface area (Å²) in [5, 5.41) is 3.58. The van der Waals surface area contributed by atoms with Crippen LogP contribution in [0.5, 0.6) is 0 Å².